The largest absolute Gasteiger partial charge is 0.483 e. The molecule has 1 aromatic rings. The standard InChI is InChI=1S/C23H33N3O4/c1-13-16(6-5-9-24-13)30-17-12-29-18-15(11-28-19(17)18)25-21(27)26-20-22(2,3)14-7-8-23(20,4)10-14/h5-6,9,14-15,17-20H,7-8,10-12H2,1-4H3,(H2,25,26,27)/t14-,15?,17?,18?,19?,20?,23+/m1/s1. The van der Waals surface area contributed by atoms with Crippen molar-refractivity contribution in [2.75, 3.05) is 13.2 Å². The molecule has 5 unspecified atom stereocenters. The van der Waals surface area contributed by atoms with E-state index in [9.17, 15) is 4.79 Å². The lowest BCUT2D eigenvalue weighted by atomic mass is 9.68. The zero-order valence-electron chi connectivity index (χ0n) is 18.3. The van der Waals surface area contributed by atoms with E-state index >= 15 is 0 Å². The Hall–Kier alpha value is -1.86. The summed E-state index contributed by atoms with van der Waals surface area (Å²) in [5.41, 5.74) is 1.17. The van der Waals surface area contributed by atoms with Gasteiger partial charge in [-0.15, -0.1) is 0 Å². The molecule has 7 heteroatoms. The molecule has 4 aliphatic rings. The van der Waals surface area contributed by atoms with E-state index in [0.717, 1.165) is 11.4 Å². The molecule has 2 aliphatic heterocycles. The zero-order valence-corrected chi connectivity index (χ0v) is 18.3. The number of ether oxygens (including phenoxy) is 3. The van der Waals surface area contributed by atoms with Crippen molar-refractivity contribution in [2.45, 2.75) is 77.4 Å². The van der Waals surface area contributed by atoms with E-state index in [0.29, 0.717) is 19.1 Å². The Bertz CT molecular complexity index is 826. The summed E-state index contributed by atoms with van der Waals surface area (Å²) in [6.07, 6.45) is 4.84. The minimum Gasteiger partial charge on any atom is -0.483 e. The normalized spacial score (nSPS) is 40.9. The van der Waals surface area contributed by atoms with E-state index in [2.05, 4.69) is 36.4 Å². The second-order valence-electron chi connectivity index (χ2n) is 10.4. The third-order valence-electron chi connectivity index (χ3n) is 8.11. The Morgan fingerprint density at radius 2 is 2.00 bits per heavy atom. The second kappa shape index (κ2) is 7.09. The summed E-state index contributed by atoms with van der Waals surface area (Å²) in [6.45, 7) is 9.71. The molecule has 30 heavy (non-hydrogen) atoms. The molecule has 2 amide bonds. The van der Waals surface area contributed by atoms with Gasteiger partial charge in [-0.3, -0.25) is 4.98 Å². The monoisotopic (exact) mass is 415 g/mol. The number of fused-ring (bicyclic) bond motifs is 3. The fraction of sp³-hybridized carbons (Fsp3) is 0.739. The molecule has 0 spiro atoms. The molecule has 0 radical (unpaired) electrons. The van der Waals surface area contributed by atoms with Crippen LogP contribution in [0.25, 0.3) is 0 Å². The summed E-state index contributed by atoms with van der Waals surface area (Å²) in [7, 11) is 0. The summed E-state index contributed by atoms with van der Waals surface area (Å²) >= 11 is 0. The predicted molar refractivity (Wildman–Crippen MR) is 111 cm³/mol. The van der Waals surface area contributed by atoms with E-state index in [1.807, 2.05) is 19.1 Å². The first-order chi connectivity index (χ1) is 14.3. The molecule has 2 saturated heterocycles. The predicted octanol–water partition coefficient (Wildman–Crippen LogP) is 2.82. The van der Waals surface area contributed by atoms with Gasteiger partial charge in [0.1, 0.15) is 18.0 Å². The molecule has 2 bridgehead atoms. The first kappa shape index (κ1) is 20.1. The average Bonchev–Trinajstić information content (AvgIpc) is 3.42. The van der Waals surface area contributed by atoms with Crippen LogP contribution in [-0.4, -0.2) is 54.6 Å². The van der Waals surface area contributed by atoms with Crippen LogP contribution in [0.4, 0.5) is 4.79 Å². The summed E-state index contributed by atoms with van der Waals surface area (Å²) in [5.74, 6) is 1.44. The van der Waals surface area contributed by atoms with E-state index in [4.69, 9.17) is 14.2 Å². The SMILES string of the molecule is Cc1ncccc1OC1COC2C(NC(=O)NC3C(C)(C)[C@@H]4CC[C@@]3(C)C4)COC12. The number of carbonyl (C=O) groups is 1. The van der Waals surface area contributed by atoms with Crippen molar-refractivity contribution in [1.82, 2.24) is 15.6 Å². The van der Waals surface area contributed by atoms with Gasteiger partial charge in [-0.1, -0.05) is 20.8 Å². The second-order valence-corrected chi connectivity index (χ2v) is 10.4. The van der Waals surface area contributed by atoms with Crippen LogP contribution < -0.4 is 15.4 Å². The Labute approximate surface area is 178 Å². The minimum absolute atomic E-state index is 0.118. The Morgan fingerprint density at radius 3 is 2.73 bits per heavy atom. The molecule has 1 aromatic heterocycles. The van der Waals surface area contributed by atoms with Gasteiger partial charge in [-0.2, -0.15) is 0 Å². The van der Waals surface area contributed by atoms with Gasteiger partial charge in [0.15, 0.2) is 6.10 Å². The molecule has 5 rings (SSSR count). The maximum atomic E-state index is 12.9. The first-order valence-corrected chi connectivity index (χ1v) is 11.2. The molecular weight excluding hydrogens is 382 g/mol. The number of urea groups is 1. The van der Waals surface area contributed by atoms with Crippen LogP contribution in [0.5, 0.6) is 5.75 Å². The number of amides is 2. The number of pyridine rings is 1. The molecule has 3 heterocycles. The van der Waals surface area contributed by atoms with Crippen LogP contribution in [0.2, 0.25) is 0 Å². The van der Waals surface area contributed by atoms with Gasteiger partial charge in [-0.05, 0) is 55.1 Å². The van der Waals surface area contributed by atoms with E-state index in [1.165, 1.54) is 19.3 Å². The molecule has 2 N–H and O–H groups in total. The molecule has 2 aliphatic carbocycles. The van der Waals surface area contributed by atoms with Crippen molar-refractivity contribution in [3.8, 4) is 5.75 Å². The van der Waals surface area contributed by atoms with Gasteiger partial charge in [-0.25, -0.2) is 4.79 Å². The highest BCUT2D eigenvalue weighted by Gasteiger charge is 2.60. The average molecular weight is 416 g/mol. The van der Waals surface area contributed by atoms with Gasteiger partial charge < -0.3 is 24.8 Å². The molecule has 164 valence electrons. The first-order valence-electron chi connectivity index (χ1n) is 11.2. The number of rotatable bonds is 4. The number of hydrogen-bond donors (Lipinski definition) is 2. The number of nitrogens with zero attached hydrogens (tertiary/aromatic N) is 1. The molecule has 7 atom stereocenters. The van der Waals surface area contributed by atoms with E-state index in [-0.39, 0.29) is 47.3 Å². The number of aryl methyl sites for hydroxylation is 1. The highest BCUT2D eigenvalue weighted by molar-refractivity contribution is 5.75. The van der Waals surface area contributed by atoms with E-state index in [1.54, 1.807) is 6.20 Å². The smallest absolute Gasteiger partial charge is 0.315 e. The molecule has 4 fully saturated rings. The van der Waals surface area contributed by atoms with Crippen molar-refractivity contribution in [2.24, 2.45) is 16.7 Å². The van der Waals surface area contributed by atoms with Crippen LogP contribution in [0.3, 0.4) is 0 Å². The van der Waals surface area contributed by atoms with Crippen molar-refractivity contribution in [3.05, 3.63) is 24.0 Å². The van der Waals surface area contributed by atoms with Gasteiger partial charge >= 0.3 is 6.03 Å². The maximum Gasteiger partial charge on any atom is 0.315 e. The summed E-state index contributed by atoms with van der Waals surface area (Å²) < 4.78 is 18.1. The third-order valence-corrected chi connectivity index (χ3v) is 8.11. The van der Waals surface area contributed by atoms with Crippen LogP contribution in [0, 0.1) is 23.7 Å². The Kier molecular flexibility index (Phi) is 4.74. The molecular formula is C23H33N3O4. The zero-order chi connectivity index (χ0) is 21.1. The molecule has 7 nitrogen and oxygen atoms in total. The fourth-order valence-corrected chi connectivity index (χ4v) is 6.45. The highest BCUT2D eigenvalue weighted by atomic mass is 16.6. The van der Waals surface area contributed by atoms with Crippen molar-refractivity contribution in [1.29, 1.82) is 0 Å². The van der Waals surface area contributed by atoms with Gasteiger partial charge in [0.25, 0.3) is 0 Å². The lowest BCUT2D eigenvalue weighted by Gasteiger charge is -2.43. The van der Waals surface area contributed by atoms with Crippen LogP contribution in [0.1, 0.15) is 45.7 Å². The number of aromatic nitrogens is 1. The maximum absolute atomic E-state index is 12.9. The summed E-state index contributed by atoms with van der Waals surface area (Å²) in [4.78, 5) is 17.2. The number of nitrogens with one attached hydrogen (secondary N) is 2. The Balaban J connectivity index is 1.19. The topological polar surface area (TPSA) is 81.7 Å². The van der Waals surface area contributed by atoms with Gasteiger partial charge in [0.05, 0.1) is 24.9 Å². The van der Waals surface area contributed by atoms with Crippen molar-refractivity contribution in [3.63, 3.8) is 0 Å². The summed E-state index contributed by atoms with van der Waals surface area (Å²) in [5, 5.41) is 6.43. The van der Waals surface area contributed by atoms with Gasteiger partial charge in [0.2, 0.25) is 0 Å². The van der Waals surface area contributed by atoms with Crippen LogP contribution >= 0.6 is 0 Å². The number of hydrogen-bond acceptors (Lipinski definition) is 5. The van der Waals surface area contributed by atoms with E-state index < -0.39 is 0 Å². The van der Waals surface area contributed by atoms with Gasteiger partial charge in [0, 0.05) is 12.2 Å². The highest BCUT2D eigenvalue weighted by Crippen LogP contribution is 2.62. The number of carbonyl (C=O) groups excluding carboxylic acids is 1. The van der Waals surface area contributed by atoms with Crippen molar-refractivity contribution >= 4 is 6.03 Å². The van der Waals surface area contributed by atoms with Crippen molar-refractivity contribution < 1.29 is 19.0 Å². The summed E-state index contributed by atoms with van der Waals surface area (Å²) in [6, 6.07) is 3.67. The van der Waals surface area contributed by atoms with Crippen LogP contribution in [0.15, 0.2) is 18.3 Å². The quantitative estimate of drug-likeness (QED) is 0.790. The molecule has 0 aromatic carbocycles. The minimum atomic E-state index is -0.198. The lowest BCUT2D eigenvalue weighted by molar-refractivity contribution is 0.0299. The third kappa shape index (κ3) is 3.17. The fourth-order valence-electron chi connectivity index (χ4n) is 6.45. The molecule has 2 saturated carbocycles. The Morgan fingerprint density at radius 1 is 1.20 bits per heavy atom. The lowest BCUT2D eigenvalue weighted by Crippen LogP contribution is -2.57. The van der Waals surface area contributed by atoms with Crippen LogP contribution in [-0.2, 0) is 9.47 Å².